The molecule has 3 nitrogen and oxygen atoms in total. The maximum Gasteiger partial charge on any atom is 0.405 e. The number of benzene rings is 1. The van der Waals surface area contributed by atoms with Crippen molar-refractivity contribution in [1.29, 1.82) is 0 Å². The minimum absolute atomic E-state index is 0.0392. The van der Waals surface area contributed by atoms with E-state index in [1.807, 2.05) is 0 Å². The number of carbonyl (C=O) groups is 1. The van der Waals surface area contributed by atoms with Crippen molar-refractivity contribution in [2.24, 2.45) is 0 Å². The lowest BCUT2D eigenvalue weighted by molar-refractivity contribution is -0.202. The van der Waals surface area contributed by atoms with Gasteiger partial charge in [0.1, 0.15) is 11.9 Å². The Hall–Kier alpha value is -1.63. The zero-order valence-corrected chi connectivity index (χ0v) is 13.1. The molecule has 2 rings (SSSR count). The molecule has 1 heterocycles. The van der Waals surface area contributed by atoms with Gasteiger partial charge in [-0.15, -0.1) is 0 Å². The van der Waals surface area contributed by atoms with Crippen LogP contribution in [-0.2, 0) is 11.2 Å². The normalized spacial score (nSPS) is 19.7. The van der Waals surface area contributed by atoms with Gasteiger partial charge in [0.15, 0.2) is 0 Å². The molecule has 0 spiro atoms. The molecule has 0 radical (unpaired) electrons. The lowest BCUT2D eigenvalue weighted by atomic mass is 9.97. The Balaban J connectivity index is 2.02. The van der Waals surface area contributed by atoms with Crippen LogP contribution in [0.25, 0.3) is 0 Å². The third kappa shape index (κ3) is 4.43. The first-order chi connectivity index (χ1) is 10.6. The molecule has 7 heteroatoms. The summed E-state index contributed by atoms with van der Waals surface area (Å²) in [6.07, 6.45) is -3.81. The molecule has 1 unspecified atom stereocenters. The molecule has 0 aromatic heterocycles. The van der Waals surface area contributed by atoms with E-state index < -0.39 is 23.7 Å². The largest absolute Gasteiger partial charge is 0.405 e. The van der Waals surface area contributed by atoms with Crippen LogP contribution in [0.4, 0.5) is 17.6 Å². The van der Waals surface area contributed by atoms with Gasteiger partial charge in [-0.2, -0.15) is 13.2 Å². The van der Waals surface area contributed by atoms with Gasteiger partial charge in [0, 0.05) is 12.0 Å². The van der Waals surface area contributed by atoms with E-state index in [0.29, 0.717) is 6.42 Å². The molecule has 1 aliphatic heterocycles. The van der Waals surface area contributed by atoms with Crippen molar-refractivity contribution >= 4 is 5.91 Å². The average Bonchev–Trinajstić information content (AvgIpc) is 2.68. The summed E-state index contributed by atoms with van der Waals surface area (Å²) in [6, 6.07) is 3.99. The van der Waals surface area contributed by atoms with E-state index in [-0.39, 0.29) is 25.1 Å². The number of alkyl halides is 3. The second-order valence-corrected chi connectivity index (χ2v) is 6.47. The first-order valence-electron chi connectivity index (χ1n) is 7.49. The summed E-state index contributed by atoms with van der Waals surface area (Å²) in [5.74, 6) is -0.772. The average molecular weight is 332 g/mol. The second-order valence-electron chi connectivity index (χ2n) is 6.47. The molecule has 1 N–H and O–H groups in total. The second kappa shape index (κ2) is 6.47. The van der Waals surface area contributed by atoms with Crippen LogP contribution in [-0.4, -0.2) is 28.7 Å². The molecule has 1 saturated heterocycles. The molecule has 1 aromatic rings. The highest BCUT2D eigenvalue weighted by atomic mass is 19.4. The molecule has 0 bridgehead atoms. The van der Waals surface area contributed by atoms with Crippen LogP contribution in [0.1, 0.15) is 38.7 Å². The van der Waals surface area contributed by atoms with Gasteiger partial charge in [0.25, 0.3) is 0 Å². The van der Waals surface area contributed by atoms with Crippen molar-refractivity contribution in [2.75, 3.05) is 0 Å². The van der Waals surface area contributed by atoms with Crippen molar-refractivity contribution in [1.82, 2.24) is 10.4 Å². The third-order valence-corrected chi connectivity index (χ3v) is 4.04. The standard InChI is InChI=1S/C16H20F4N2O/c1-15(2)10-14(23)21-22(15)13(16(18,19)20)5-3-4-11-6-8-12(17)9-7-11/h6-9,13H,3-5,10H2,1-2H3,(H,21,23). The van der Waals surface area contributed by atoms with E-state index in [2.05, 4.69) is 5.43 Å². The summed E-state index contributed by atoms with van der Waals surface area (Å²) in [7, 11) is 0. The molecule has 1 atom stereocenters. The highest BCUT2D eigenvalue weighted by Crippen LogP contribution is 2.35. The van der Waals surface area contributed by atoms with Crippen LogP contribution < -0.4 is 5.43 Å². The maximum absolute atomic E-state index is 13.4. The quantitative estimate of drug-likeness (QED) is 0.836. The fraction of sp³-hybridized carbons (Fsp3) is 0.562. The maximum atomic E-state index is 13.4. The summed E-state index contributed by atoms with van der Waals surface area (Å²) in [5.41, 5.74) is 2.24. The number of amides is 1. The zero-order chi connectivity index (χ0) is 17.3. The first kappa shape index (κ1) is 17.7. The molecule has 128 valence electrons. The van der Waals surface area contributed by atoms with Crippen LogP contribution in [0.2, 0.25) is 0 Å². The Labute approximate surface area is 132 Å². The summed E-state index contributed by atoms with van der Waals surface area (Å²) < 4.78 is 53.0. The van der Waals surface area contributed by atoms with Crippen LogP contribution in [0, 0.1) is 5.82 Å². The van der Waals surface area contributed by atoms with Crippen LogP contribution >= 0.6 is 0 Å². The predicted octanol–water partition coefficient (Wildman–Crippen LogP) is 3.59. The van der Waals surface area contributed by atoms with Crippen molar-refractivity contribution in [2.45, 2.75) is 57.3 Å². The third-order valence-electron chi connectivity index (χ3n) is 4.04. The fourth-order valence-corrected chi connectivity index (χ4v) is 2.89. The number of rotatable bonds is 5. The van der Waals surface area contributed by atoms with E-state index in [9.17, 15) is 22.4 Å². The van der Waals surface area contributed by atoms with Gasteiger partial charge in [-0.25, -0.2) is 9.40 Å². The summed E-state index contributed by atoms with van der Waals surface area (Å²) >= 11 is 0. The number of halogens is 4. The van der Waals surface area contributed by atoms with E-state index in [0.717, 1.165) is 10.6 Å². The fourth-order valence-electron chi connectivity index (χ4n) is 2.89. The van der Waals surface area contributed by atoms with Gasteiger partial charge in [-0.05, 0) is 50.8 Å². The summed E-state index contributed by atoms with van der Waals surface area (Å²) in [5, 5.41) is 1.03. The Morgan fingerprint density at radius 3 is 2.35 bits per heavy atom. The Morgan fingerprint density at radius 1 is 1.26 bits per heavy atom. The van der Waals surface area contributed by atoms with Gasteiger partial charge < -0.3 is 0 Å². The van der Waals surface area contributed by atoms with Crippen LogP contribution in [0.3, 0.4) is 0 Å². The van der Waals surface area contributed by atoms with Crippen LogP contribution in [0.15, 0.2) is 24.3 Å². The number of hydrogen-bond donors (Lipinski definition) is 1. The van der Waals surface area contributed by atoms with Crippen molar-refractivity contribution in [3.05, 3.63) is 35.6 Å². The van der Waals surface area contributed by atoms with Gasteiger partial charge in [-0.3, -0.25) is 10.2 Å². The van der Waals surface area contributed by atoms with E-state index >= 15 is 0 Å². The van der Waals surface area contributed by atoms with Crippen molar-refractivity contribution in [3.63, 3.8) is 0 Å². The number of hydrogen-bond acceptors (Lipinski definition) is 2. The smallest absolute Gasteiger partial charge is 0.288 e. The number of carbonyl (C=O) groups excluding carboxylic acids is 1. The Bertz CT molecular complexity index is 554. The Kier molecular flexibility index (Phi) is 4.98. The van der Waals surface area contributed by atoms with E-state index in [4.69, 9.17) is 0 Å². The van der Waals surface area contributed by atoms with Gasteiger partial charge in [-0.1, -0.05) is 12.1 Å². The number of aryl methyl sites for hydroxylation is 1. The monoisotopic (exact) mass is 332 g/mol. The number of hydrazine groups is 1. The van der Waals surface area contributed by atoms with Gasteiger partial charge in [0.05, 0.1) is 0 Å². The topological polar surface area (TPSA) is 32.3 Å². The van der Waals surface area contributed by atoms with Gasteiger partial charge in [0.2, 0.25) is 5.91 Å². The Morgan fingerprint density at radius 2 is 1.87 bits per heavy atom. The van der Waals surface area contributed by atoms with E-state index in [1.165, 1.54) is 12.1 Å². The molecule has 1 fully saturated rings. The summed E-state index contributed by atoms with van der Waals surface area (Å²) in [6.45, 7) is 3.23. The lowest BCUT2D eigenvalue weighted by Gasteiger charge is -2.37. The highest BCUT2D eigenvalue weighted by molar-refractivity contribution is 5.78. The number of nitrogens with one attached hydrogen (secondary N) is 1. The predicted molar refractivity (Wildman–Crippen MR) is 77.9 cm³/mol. The summed E-state index contributed by atoms with van der Waals surface area (Å²) in [4.78, 5) is 11.5. The highest BCUT2D eigenvalue weighted by Gasteiger charge is 2.51. The first-order valence-corrected chi connectivity index (χ1v) is 7.49. The molecule has 0 aliphatic carbocycles. The molecule has 1 aromatic carbocycles. The van der Waals surface area contributed by atoms with Gasteiger partial charge >= 0.3 is 6.18 Å². The molecule has 0 saturated carbocycles. The molecule has 1 aliphatic rings. The zero-order valence-electron chi connectivity index (χ0n) is 13.1. The molecule has 23 heavy (non-hydrogen) atoms. The lowest BCUT2D eigenvalue weighted by Crippen LogP contribution is -2.56. The van der Waals surface area contributed by atoms with Crippen LogP contribution in [0.5, 0.6) is 0 Å². The molecule has 1 amide bonds. The number of nitrogens with zero attached hydrogens (tertiary/aromatic N) is 1. The SMILES string of the molecule is CC1(C)CC(=O)NN1C(CCCc1ccc(F)cc1)C(F)(F)F. The van der Waals surface area contributed by atoms with Crippen molar-refractivity contribution in [3.8, 4) is 0 Å². The minimum atomic E-state index is -4.43. The minimum Gasteiger partial charge on any atom is -0.288 e. The molecular weight excluding hydrogens is 312 g/mol. The van der Waals surface area contributed by atoms with E-state index in [1.54, 1.807) is 26.0 Å². The van der Waals surface area contributed by atoms with Crippen molar-refractivity contribution < 1.29 is 22.4 Å². The molecular formula is C16H20F4N2O.